The molecule has 0 aliphatic heterocycles. The Hall–Kier alpha value is -1.43. The van der Waals surface area contributed by atoms with Crippen LogP contribution in [0.15, 0.2) is 42.5 Å². The summed E-state index contributed by atoms with van der Waals surface area (Å²) < 4.78 is 35.3. The Bertz CT molecular complexity index is 807. The molecule has 0 saturated heterocycles. The SMILES string of the molecule is CCCCCCCCCCOP(=O)(CCOCCOCC)OOc1cccc2ccccc12. The van der Waals surface area contributed by atoms with Crippen molar-refractivity contribution in [3.63, 3.8) is 0 Å². The third-order valence-corrected chi connectivity index (χ3v) is 6.97. The molecule has 1 unspecified atom stereocenters. The van der Waals surface area contributed by atoms with Gasteiger partial charge in [0.25, 0.3) is 0 Å². The van der Waals surface area contributed by atoms with Crippen molar-refractivity contribution in [1.29, 1.82) is 0 Å². The summed E-state index contributed by atoms with van der Waals surface area (Å²) in [5, 5.41) is 1.91. The first kappa shape index (κ1) is 27.8. The number of fused-ring (bicyclic) bond motifs is 1. The van der Waals surface area contributed by atoms with Crippen molar-refractivity contribution < 1.29 is 28.1 Å². The molecule has 2 rings (SSSR count). The molecule has 33 heavy (non-hydrogen) atoms. The third-order valence-electron chi connectivity index (χ3n) is 5.36. The Balaban J connectivity index is 1.82. The second-order valence-electron chi connectivity index (χ2n) is 8.09. The zero-order valence-electron chi connectivity index (χ0n) is 20.3. The van der Waals surface area contributed by atoms with Gasteiger partial charge in [-0.2, -0.15) is 0 Å². The fourth-order valence-electron chi connectivity index (χ4n) is 3.47. The molecule has 2 aromatic carbocycles. The standard InChI is InChI=1S/C26H41O6P/c1-3-5-6-7-8-9-10-13-19-30-33(27,23-22-29-21-20-28-4-2)32-31-26-18-14-16-24-15-11-12-17-25(24)26/h11-12,14-18H,3-10,13,19-23H2,1-2H3. The summed E-state index contributed by atoms with van der Waals surface area (Å²) in [4.78, 5) is 5.54. The molecule has 7 heteroatoms. The maximum atomic E-state index is 13.3. The Morgan fingerprint density at radius 1 is 0.727 bits per heavy atom. The van der Waals surface area contributed by atoms with Crippen LogP contribution in [0.25, 0.3) is 10.8 Å². The zero-order valence-corrected chi connectivity index (χ0v) is 21.2. The minimum atomic E-state index is -3.48. The number of rotatable bonds is 20. The predicted octanol–water partition coefficient (Wildman–Crippen LogP) is 7.55. The van der Waals surface area contributed by atoms with Gasteiger partial charge in [0, 0.05) is 12.0 Å². The lowest BCUT2D eigenvalue weighted by molar-refractivity contribution is -0.112. The van der Waals surface area contributed by atoms with Crippen LogP contribution in [-0.4, -0.2) is 39.2 Å². The van der Waals surface area contributed by atoms with E-state index < -0.39 is 7.60 Å². The Kier molecular flexibility index (Phi) is 14.4. The highest BCUT2D eigenvalue weighted by Gasteiger charge is 2.27. The van der Waals surface area contributed by atoms with E-state index in [-0.39, 0.29) is 12.8 Å². The van der Waals surface area contributed by atoms with Crippen LogP contribution < -0.4 is 4.89 Å². The summed E-state index contributed by atoms with van der Waals surface area (Å²) in [6, 6.07) is 13.5. The van der Waals surface area contributed by atoms with E-state index >= 15 is 0 Å². The third kappa shape index (κ3) is 11.5. The van der Waals surface area contributed by atoms with Gasteiger partial charge >= 0.3 is 7.60 Å². The second-order valence-corrected chi connectivity index (χ2v) is 10.2. The van der Waals surface area contributed by atoms with Crippen molar-refractivity contribution >= 4 is 18.4 Å². The van der Waals surface area contributed by atoms with E-state index in [0.29, 0.717) is 32.2 Å². The molecule has 0 heterocycles. The van der Waals surface area contributed by atoms with Crippen molar-refractivity contribution in [3.8, 4) is 5.75 Å². The first-order valence-corrected chi connectivity index (χ1v) is 14.1. The van der Waals surface area contributed by atoms with Crippen molar-refractivity contribution in [1.82, 2.24) is 0 Å². The van der Waals surface area contributed by atoms with Crippen LogP contribution in [0.5, 0.6) is 5.75 Å². The summed E-state index contributed by atoms with van der Waals surface area (Å²) in [5.74, 6) is 0.515. The van der Waals surface area contributed by atoms with Crippen LogP contribution in [0.4, 0.5) is 0 Å². The monoisotopic (exact) mass is 480 g/mol. The fraction of sp³-hybridized carbons (Fsp3) is 0.615. The summed E-state index contributed by atoms with van der Waals surface area (Å²) in [5.41, 5.74) is 0. The summed E-state index contributed by atoms with van der Waals surface area (Å²) in [7, 11) is -3.48. The van der Waals surface area contributed by atoms with E-state index in [0.717, 1.165) is 23.6 Å². The lowest BCUT2D eigenvalue weighted by Gasteiger charge is -2.18. The molecular weight excluding hydrogens is 439 g/mol. The number of hydrogen-bond acceptors (Lipinski definition) is 6. The van der Waals surface area contributed by atoms with Gasteiger partial charge in [-0.15, -0.1) is 0 Å². The maximum absolute atomic E-state index is 13.3. The van der Waals surface area contributed by atoms with Gasteiger partial charge < -0.3 is 18.9 Å². The molecule has 0 radical (unpaired) electrons. The largest absolute Gasteiger partial charge is 0.379 e. The highest BCUT2D eigenvalue weighted by Crippen LogP contribution is 2.48. The predicted molar refractivity (Wildman–Crippen MR) is 134 cm³/mol. The van der Waals surface area contributed by atoms with Crippen molar-refractivity contribution in [3.05, 3.63) is 42.5 Å². The Morgan fingerprint density at radius 3 is 2.21 bits per heavy atom. The van der Waals surface area contributed by atoms with Crippen LogP contribution in [0.2, 0.25) is 0 Å². The molecule has 1 atom stereocenters. The highest BCUT2D eigenvalue weighted by atomic mass is 31.2. The molecular formula is C26H41O6P. The Morgan fingerprint density at radius 2 is 1.42 bits per heavy atom. The molecule has 0 N–H and O–H groups in total. The minimum absolute atomic E-state index is 0.126. The van der Waals surface area contributed by atoms with E-state index in [4.69, 9.17) is 23.6 Å². The van der Waals surface area contributed by atoms with Crippen LogP contribution in [0, 0.1) is 0 Å². The molecule has 0 bridgehead atoms. The molecule has 2 aromatic rings. The van der Waals surface area contributed by atoms with E-state index in [1.807, 2.05) is 43.3 Å². The van der Waals surface area contributed by atoms with Crippen LogP contribution in [0.3, 0.4) is 0 Å². The molecule has 0 aliphatic carbocycles. The number of unbranched alkanes of at least 4 members (excludes halogenated alkanes) is 7. The summed E-state index contributed by atoms with van der Waals surface area (Å²) in [6.07, 6.45) is 9.62. The van der Waals surface area contributed by atoms with Gasteiger partial charge in [0.15, 0.2) is 5.75 Å². The first-order chi connectivity index (χ1) is 16.2. The highest BCUT2D eigenvalue weighted by molar-refractivity contribution is 7.53. The van der Waals surface area contributed by atoms with Crippen LogP contribution in [0.1, 0.15) is 65.2 Å². The van der Waals surface area contributed by atoms with Gasteiger partial charge in [-0.25, -0.2) is 0 Å². The topological polar surface area (TPSA) is 63.2 Å². The van der Waals surface area contributed by atoms with E-state index in [1.54, 1.807) is 6.07 Å². The lowest BCUT2D eigenvalue weighted by Crippen LogP contribution is -2.11. The first-order valence-electron chi connectivity index (χ1n) is 12.4. The Labute approximate surface area is 199 Å². The number of hydrogen-bond donors (Lipinski definition) is 0. The van der Waals surface area contributed by atoms with Gasteiger partial charge in [0.05, 0.1) is 32.6 Å². The lowest BCUT2D eigenvalue weighted by atomic mass is 10.1. The zero-order chi connectivity index (χ0) is 23.6. The van der Waals surface area contributed by atoms with Crippen LogP contribution in [-0.2, 0) is 23.2 Å². The molecule has 186 valence electrons. The molecule has 0 saturated carbocycles. The molecule has 6 nitrogen and oxygen atoms in total. The molecule has 0 fully saturated rings. The maximum Gasteiger partial charge on any atom is 0.371 e. The van der Waals surface area contributed by atoms with Crippen LogP contribution >= 0.6 is 7.60 Å². The second kappa shape index (κ2) is 17.1. The summed E-state index contributed by atoms with van der Waals surface area (Å²) in [6.45, 7) is 6.39. The van der Waals surface area contributed by atoms with E-state index in [2.05, 4.69) is 6.92 Å². The smallest absolute Gasteiger partial charge is 0.371 e. The van der Waals surface area contributed by atoms with Gasteiger partial charge in [-0.1, -0.05) is 92.9 Å². The quantitative estimate of drug-likeness (QED) is 0.0843. The number of ether oxygens (including phenoxy) is 2. The van der Waals surface area contributed by atoms with E-state index in [1.165, 1.54) is 38.5 Å². The molecule has 0 aliphatic rings. The van der Waals surface area contributed by atoms with Gasteiger partial charge in [-0.3, -0.25) is 4.57 Å². The van der Waals surface area contributed by atoms with E-state index in [9.17, 15) is 4.57 Å². The van der Waals surface area contributed by atoms with Crippen molar-refractivity contribution in [2.24, 2.45) is 0 Å². The molecule has 0 spiro atoms. The average molecular weight is 481 g/mol. The fourth-order valence-corrected chi connectivity index (χ4v) is 4.67. The van der Waals surface area contributed by atoms with Crippen molar-refractivity contribution in [2.75, 3.05) is 39.2 Å². The number of benzene rings is 2. The normalized spacial score (nSPS) is 13.3. The minimum Gasteiger partial charge on any atom is -0.379 e. The molecule has 0 aromatic heterocycles. The van der Waals surface area contributed by atoms with Gasteiger partial charge in [0.2, 0.25) is 0 Å². The van der Waals surface area contributed by atoms with Gasteiger partial charge in [-0.05, 0) is 24.8 Å². The van der Waals surface area contributed by atoms with Gasteiger partial charge in [0.1, 0.15) is 0 Å². The average Bonchev–Trinajstić information content (AvgIpc) is 2.84. The van der Waals surface area contributed by atoms with Crippen molar-refractivity contribution in [2.45, 2.75) is 65.2 Å². The molecule has 0 amide bonds. The summed E-state index contributed by atoms with van der Waals surface area (Å²) >= 11 is 0.